The number of carbonyl (C=O) groups is 2. The molecule has 0 aromatic rings. The zero-order chi connectivity index (χ0) is 14.6. The van der Waals surface area contributed by atoms with E-state index in [1.54, 1.807) is 20.8 Å². The van der Waals surface area contributed by atoms with E-state index in [0.29, 0.717) is 0 Å². The van der Waals surface area contributed by atoms with Gasteiger partial charge in [-0.25, -0.2) is 9.59 Å². The molecule has 0 saturated carbocycles. The van der Waals surface area contributed by atoms with Crippen LogP contribution in [0, 0.1) is 0 Å². The molecule has 0 aromatic carbocycles. The summed E-state index contributed by atoms with van der Waals surface area (Å²) < 4.78 is 26.2. The van der Waals surface area contributed by atoms with E-state index in [1.165, 1.54) is 13.8 Å². The fraction of sp³-hybridized carbons (Fsp3) is 0.800. The highest BCUT2D eigenvalue weighted by molar-refractivity contribution is 7.59. The van der Waals surface area contributed by atoms with Crippen molar-refractivity contribution in [3.8, 4) is 0 Å². The summed E-state index contributed by atoms with van der Waals surface area (Å²) in [7, 11) is -1.05. The minimum atomic E-state index is -3.36. The molecule has 2 atom stereocenters. The molecule has 0 rings (SSSR count). The summed E-state index contributed by atoms with van der Waals surface area (Å²) >= 11 is 0. The van der Waals surface area contributed by atoms with Crippen LogP contribution in [0.5, 0.6) is 0 Å². The van der Waals surface area contributed by atoms with Crippen molar-refractivity contribution in [1.82, 2.24) is 5.32 Å². The molecule has 1 amide bonds. The Bertz CT molecular complexity index is 362. The number of carbonyl (C=O) groups excluding carboxylic acids is 2. The Morgan fingerprint density at radius 1 is 1.22 bits per heavy atom. The third-order valence-corrected chi connectivity index (χ3v) is 3.91. The zero-order valence-electron chi connectivity index (χ0n) is 11.5. The molecule has 0 heterocycles. The highest BCUT2D eigenvalue weighted by Crippen LogP contribution is 2.46. The minimum Gasteiger partial charge on any atom is -0.467 e. The fourth-order valence-corrected chi connectivity index (χ4v) is 2.04. The van der Waals surface area contributed by atoms with Crippen LogP contribution in [0.3, 0.4) is 0 Å². The first kappa shape index (κ1) is 16.9. The van der Waals surface area contributed by atoms with Gasteiger partial charge in [-0.1, -0.05) is 0 Å². The first-order valence-corrected chi connectivity index (χ1v) is 7.38. The average molecular weight is 281 g/mol. The van der Waals surface area contributed by atoms with Gasteiger partial charge in [0.15, 0.2) is 0 Å². The van der Waals surface area contributed by atoms with E-state index in [0.717, 1.165) is 7.11 Å². The zero-order valence-corrected chi connectivity index (χ0v) is 12.4. The van der Waals surface area contributed by atoms with Gasteiger partial charge in [-0.05, 0) is 20.8 Å². The Morgan fingerprint density at radius 3 is 2.06 bits per heavy atom. The van der Waals surface area contributed by atoms with E-state index < -0.39 is 30.8 Å². The number of ether oxygens (including phenoxy) is 2. The van der Waals surface area contributed by atoms with Crippen molar-refractivity contribution in [3.63, 3.8) is 0 Å². The van der Waals surface area contributed by atoms with Crippen molar-refractivity contribution in [2.45, 2.75) is 32.2 Å². The van der Waals surface area contributed by atoms with E-state index >= 15 is 0 Å². The molecule has 0 aliphatic rings. The second-order valence-corrected chi connectivity index (χ2v) is 7.36. The summed E-state index contributed by atoms with van der Waals surface area (Å²) in [5.41, 5.74) is -0.727. The molecule has 2 unspecified atom stereocenters. The highest BCUT2D eigenvalue weighted by Gasteiger charge is 2.38. The number of esters is 1. The van der Waals surface area contributed by atoms with Gasteiger partial charge >= 0.3 is 12.1 Å². The van der Waals surface area contributed by atoms with Crippen LogP contribution in [0.1, 0.15) is 20.8 Å². The van der Waals surface area contributed by atoms with Crippen LogP contribution in [0.25, 0.3) is 0 Å². The fourth-order valence-electron chi connectivity index (χ4n) is 1.00. The number of rotatable bonds is 4. The maximum Gasteiger partial charge on any atom is 0.408 e. The summed E-state index contributed by atoms with van der Waals surface area (Å²) in [5.74, 6) is -2.24. The molecule has 0 aliphatic heterocycles. The van der Waals surface area contributed by atoms with Gasteiger partial charge in [0.25, 0.3) is 0 Å². The van der Waals surface area contributed by atoms with Gasteiger partial charge < -0.3 is 14.0 Å². The van der Waals surface area contributed by atoms with Gasteiger partial charge in [0.05, 0.1) is 7.11 Å². The topological polar surface area (TPSA) is 90.9 Å². The summed E-state index contributed by atoms with van der Waals surface area (Å²) in [6.45, 7) is 6.23. The molecular weight excluding hydrogens is 261 g/mol. The second-order valence-electron chi connectivity index (χ2n) is 4.66. The largest absolute Gasteiger partial charge is 0.467 e. The number of hydrogen-bond donors (Lipinski definition) is 1. The summed E-state index contributed by atoms with van der Waals surface area (Å²) in [4.78, 5) is 23.0. The molecular formula is C10H20NO6P. The third-order valence-electron chi connectivity index (χ3n) is 1.91. The Kier molecular flexibility index (Phi) is 5.83. The molecule has 0 radical (unpaired) electrons. The standard InChI is InChI=1S/C10H20NO6P/c1-10(2,3)17-9(13)11-7(8(12)15-4)18(6,14)16-5/h7H,1-6H3,(H,11,13). The molecule has 0 spiro atoms. The predicted octanol–water partition coefficient (Wildman–Crippen LogP) is 1.56. The molecule has 0 fully saturated rings. The molecule has 1 N–H and O–H groups in total. The van der Waals surface area contributed by atoms with Crippen molar-refractivity contribution in [3.05, 3.63) is 0 Å². The highest BCUT2D eigenvalue weighted by atomic mass is 31.2. The van der Waals surface area contributed by atoms with Gasteiger partial charge in [-0.15, -0.1) is 0 Å². The van der Waals surface area contributed by atoms with E-state index in [9.17, 15) is 14.2 Å². The van der Waals surface area contributed by atoms with E-state index in [2.05, 4.69) is 10.1 Å². The predicted molar refractivity (Wildman–Crippen MR) is 65.7 cm³/mol. The SMILES string of the molecule is COC(=O)C(NC(=O)OC(C)(C)C)P(C)(=O)OC. The molecule has 7 nitrogen and oxygen atoms in total. The lowest BCUT2D eigenvalue weighted by molar-refractivity contribution is -0.141. The van der Waals surface area contributed by atoms with Crippen molar-refractivity contribution in [1.29, 1.82) is 0 Å². The number of amides is 1. The van der Waals surface area contributed by atoms with Crippen LogP contribution < -0.4 is 5.32 Å². The molecule has 0 bridgehead atoms. The smallest absolute Gasteiger partial charge is 0.408 e. The first-order valence-electron chi connectivity index (χ1n) is 5.24. The molecule has 0 aromatic heterocycles. The van der Waals surface area contributed by atoms with Crippen LogP contribution in [0.4, 0.5) is 4.79 Å². The maximum atomic E-state index is 12.0. The maximum absolute atomic E-state index is 12.0. The van der Waals surface area contributed by atoms with Crippen LogP contribution in [-0.4, -0.2) is 44.3 Å². The van der Waals surface area contributed by atoms with Crippen LogP contribution in [0.2, 0.25) is 0 Å². The lowest BCUT2D eigenvalue weighted by Crippen LogP contribution is -2.43. The first-order chi connectivity index (χ1) is 8.03. The van der Waals surface area contributed by atoms with E-state index in [1.807, 2.05) is 0 Å². The number of alkyl carbamates (subject to hydrolysis) is 1. The van der Waals surface area contributed by atoms with Gasteiger partial charge in [0.2, 0.25) is 13.2 Å². The normalized spacial score (nSPS) is 16.3. The summed E-state index contributed by atoms with van der Waals surface area (Å²) in [5, 5.41) is 2.19. The van der Waals surface area contributed by atoms with Gasteiger partial charge in [-0.2, -0.15) is 0 Å². The van der Waals surface area contributed by atoms with Crippen molar-refractivity contribution < 1.29 is 28.2 Å². The van der Waals surface area contributed by atoms with Gasteiger partial charge in [0, 0.05) is 13.8 Å². The lowest BCUT2D eigenvalue weighted by atomic mass is 10.2. The van der Waals surface area contributed by atoms with Crippen LogP contribution in [0.15, 0.2) is 0 Å². The van der Waals surface area contributed by atoms with E-state index in [4.69, 9.17) is 9.26 Å². The summed E-state index contributed by atoms with van der Waals surface area (Å²) in [6, 6.07) is 0. The monoisotopic (exact) mass is 281 g/mol. The average Bonchev–Trinajstić information content (AvgIpc) is 2.22. The Labute approximate surface area is 107 Å². The Hall–Kier alpha value is -1.07. The molecule has 0 saturated heterocycles. The molecule has 0 aliphatic carbocycles. The molecule has 106 valence electrons. The van der Waals surface area contributed by atoms with Gasteiger partial charge in [-0.3, -0.25) is 9.88 Å². The van der Waals surface area contributed by atoms with Crippen LogP contribution in [-0.2, 0) is 23.4 Å². The molecule has 8 heteroatoms. The Balaban J connectivity index is 4.88. The lowest BCUT2D eigenvalue weighted by Gasteiger charge is -2.24. The minimum absolute atomic E-state index is 0.727. The van der Waals surface area contributed by atoms with Gasteiger partial charge in [0.1, 0.15) is 5.60 Å². The van der Waals surface area contributed by atoms with Crippen molar-refractivity contribution in [2.24, 2.45) is 0 Å². The number of methoxy groups -OCH3 is 1. The van der Waals surface area contributed by atoms with Crippen molar-refractivity contribution in [2.75, 3.05) is 20.9 Å². The number of hydrogen-bond acceptors (Lipinski definition) is 6. The Morgan fingerprint density at radius 2 is 1.72 bits per heavy atom. The quantitative estimate of drug-likeness (QED) is 0.621. The van der Waals surface area contributed by atoms with E-state index in [-0.39, 0.29) is 0 Å². The molecule has 18 heavy (non-hydrogen) atoms. The second kappa shape index (κ2) is 6.20. The third kappa shape index (κ3) is 5.51. The van der Waals surface area contributed by atoms with Crippen LogP contribution >= 0.6 is 7.37 Å². The van der Waals surface area contributed by atoms with Crippen molar-refractivity contribution >= 4 is 19.4 Å². The summed E-state index contributed by atoms with van der Waals surface area (Å²) in [6.07, 6.45) is -0.864. The number of nitrogens with one attached hydrogen (secondary N) is 1.